The fraction of sp³-hybridized carbons (Fsp3) is 0.435. The van der Waals surface area contributed by atoms with Gasteiger partial charge < -0.3 is 10.3 Å². The third kappa shape index (κ3) is 3.16. The van der Waals surface area contributed by atoms with E-state index in [1.807, 2.05) is 0 Å². The summed E-state index contributed by atoms with van der Waals surface area (Å²) in [5.41, 5.74) is 8.78. The van der Waals surface area contributed by atoms with E-state index in [1.54, 1.807) is 0 Å². The average Bonchev–Trinajstić information content (AvgIpc) is 3.00. The Labute approximate surface area is 156 Å². The molecule has 3 heteroatoms. The van der Waals surface area contributed by atoms with Gasteiger partial charge in [-0.15, -0.1) is 0 Å². The van der Waals surface area contributed by atoms with Crippen molar-refractivity contribution < 1.29 is 0 Å². The van der Waals surface area contributed by atoms with Crippen LogP contribution in [0.25, 0.3) is 22.2 Å². The molecule has 1 aromatic carbocycles. The number of H-pyrrole nitrogens is 1. The Bertz CT molecular complexity index is 910. The number of aromatic amines is 1. The Hall–Kier alpha value is -2.13. The molecule has 0 radical (unpaired) electrons. The number of aromatic nitrogens is 2. The van der Waals surface area contributed by atoms with Crippen molar-refractivity contribution in [2.75, 3.05) is 13.1 Å². The highest BCUT2D eigenvalue weighted by Crippen LogP contribution is 2.37. The van der Waals surface area contributed by atoms with Gasteiger partial charge in [-0.1, -0.05) is 19.9 Å². The van der Waals surface area contributed by atoms with Gasteiger partial charge in [0, 0.05) is 34.4 Å². The van der Waals surface area contributed by atoms with Gasteiger partial charge in [0.2, 0.25) is 0 Å². The lowest BCUT2D eigenvalue weighted by molar-refractivity contribution is 0.462. The number of nitrogens with zero attached hydrogens (tertiary/aromatic N) is 1. The smallest absolute Gasteiger partial charge is 0.0501 e. The summed E-state index contributed by atoms with van der Waals surface area (Å²) in [6, 6.07) is 11.4. The van der Waals surface area contributed by atoms with Crippen molar-refractivity contribution in [1.29, 1.82) is 0 Å². The third-order valence-electron chi connectivity index (χ3n) is 5.58. The molecule has 2 aromatic heterocycles. The Balaban J connectivity index is 1.87. The predicted octanol–water partition coefficient (Wildman–Crippen LogP) is 5.44. The Morgan fingerprint density at radius 3 is 2.50 bits per heavy atom. The first-order chi connectivity index (χ1) is 12.5. The van der Waals surface area contributed by atoms with Crippen LogP contribution in [0, 0.1) is 13.8 Å². The minimum absolute atomic E-state index is 0.465. The zero-order chi connectivity index (χ0) is 18.3. The number of fused-ring (bicyclic) bond motifs is 1. The average molecular weight is 348 g/mol. The minimum atomic E-state index is 0.465. The van der Waals surface area contributed by atoms with Crippen molar-refractivity contribution in [3.8, 4) is 11.3 Å². The third-order valence-corrected chi connectivity index (χ3v) is 5.58. The number of hydrogen-bond acceptors (Lipinski definition) is 2. The molecule has 1 aliphatic heterocycles. The maximum Gasteiger partial charge on any atom is 0.0501 e. The summed E-state index contributed by atoms with van der Waals surface area (Å²) in [5, 5.41) is 4.93. The van der Waals surface area contributed by atoms with Crippen LogP contribution in [0.3, 0.4) is 0 Å². The van der Waals surface area contributed by atoms with Crippen LogP contribution in [0.4, 0.5) is 0 Å². The van der Waals surface area contributed by atoms with Crippen LogP contribution in [0.15, 0.2) is 30.3 Å². The normalized spacial score (nSPS) is 18.0. The van der Waals surface area contributed by atoms with E-state index in [-0.39, 0.29) is 0 Å². The highest BCUT2D eigenvalue weighted by atomic mass is 14.9. The molecule has 1 aliphatic rings. The highest BCUT2D eigenvalue weighted by molar-refractivity contribution is 5.92. The van der Waals surface area contributed by atoms with Crippen molar-refractivity contribution >= 4 is 10.9 Å². The molecule has 136 valence electrons. The number of piperidine rings is 1. The number of pyridine rings is 1. The molecule has 1 atom stereocenters. The van der Waals surface area contributed by atoms with E-state index in [2.05, 4.69) is 73.3 Å². The number of nitrogens with one attached hydrogen (secondary N) is 2. The van der Waals surface area contributed by atoms with E-state index in [1.165, 1.54) is 46.1 Å². The second-order valence-electron chi connectivity index (χ2n) is 8.06. The van der Waals surface area contributed by atoms with Crippen LogP contribution in [-0.2, 0) is 0 Å². The van der Waals surface area contributed by atoms with Gasteiger partial charge in [0.05, 0.1) is 5.69 Å². The van der Waals surface area contributed by atoms with Gasteiger partial charge in [0.25, 0.3) is 0 Å². The topological polar surface area (TPSA) is 40.7 Å². The van der Waals surface area contributed by atoms with E-state index in [0.717, 1.165) is 24.5 Å². The van der Waals surface area contributed by atoms with Crippen molar-refractivity contribution in [3.05, 3.63) is 52.8 Å². The molecule has 3 heterocycles. The molecule has 0 saturated carbocycles. The molecule has 1 fully saturated rings. The maximum absolute atomic E-state index is 4.54. The Morgan fingerprint density at radius 2 is 1.85 bits per heavy atom. The fourth-order valence-corrected chi connectivity index (χ4v) is 4.43. The van der Waals surface area contributed by atoms with Crippen LogP contribution in [0.5, 0.6) is 0 Å². The van der Waals surface area contributed by atoms with Gasteiger partial charge in [-0.3, -0.25) is 4.98 Å². The van der Waals surface area contributed by atoms with Gasteiger partial charge in [0.1, 0.15) is 0 Å². The maximum atomic E-state index is 4.54. The number of benzene rings is 1. The van der Waals surface area contributed by atoms with Crippen molar-refractivity contribution in [1.82, 2.24) is 15.3 Å². The summed E-state index contributed by atoms with van der Waals surface area (Å²) < 4.78 is 0. The fourth-order valence-electron chi connectivity index (χ4n) is 4.43. The van der Waals surface area contributed by atoms with Crippen molar-refractivity contribution in [3.63, 3.8) is 0 Å². The summed E-state index contributed by atoms with van der Waals surface area (Å²) in [7, 11) is 0. The summed E-state index contributed by atoms with van der Waals surface area (Å²) >= 11 is 0. The van der Waals surface area contributed by atoms with Gasteiger partial charge in [0.15, 0.2) is 0 Å². The number of aryl methyl sites for hydroxylation is 2. The van der Waals surface area contributed by atoms with E-state index in [9.17, 15) is 0 Å². The van der Waals surface area contributed by atoms with E-state index >= 15 is 0 Å². The lowest BCUT2D eigenvalue weighted by atomic mass is 9.89. The molecule has 0 amide bonds. The Morgan fingerprint density at radius 1 is 1.08 bits per heavy atom. The molecule has 2 N–H and O–H groups in total. The molecule has 26 heavy (non-hydrogen) atoms. The SMILES string of the molecule is Cc1cc(-c2[nH]c3ccc(C4CCCNC4)cc3c2C(C)C)cc(C)n1. The quantitative estimate of drug-likeness (QED) is 0.662. The molecule has 1 unspecified atom stereocenters. The lowest BCUT2D eigenvalue weighted by Crippen LogP contribution is -2.28. The van der Waals surface area contributed by atoms with E-state index < -0.39 is 0 Å². The zero-order valence-electron chi connectivity index (χ0n) is 16.3. The standard InChI is InChI=1S/C23H29N3/c1-14(2)22-20-12-17(18-6-5-9-24-13-18)7-8-21(20)26-23(22)19-10-15(3)25-16(4)11-19/h7-8,10-12,14,18,24,26H,5-6,9,13H2,1-4H3. The second kappa shape index (κ2) is 6.88. The van der Waals surface area contributed by atoms with Crippen LogP contribution < -0.4 is 5.32 Å². The monoisotopic (exact) mass is 347 g/mol. The zero-order valence-corrected chi connectivity index (χ0v) is 16.3. The number of hydrogen-bond donors (Lipinski definition) is 2. The molecule has 0 spiro atoms. The van der Waals surface area contributed by atoms with E-state index in [4.69, 9.17) is 0 Å². The predicted molar refractivity (Wildman–Crippen MR) is 110 cm³/mol. The van der Waals surface area contributed by atoms with Crippen LogP contribution in [-0.4, -0.2) is 23.1 Å². The largest absolute Gasteiger partial charge is 0.354 e. The molecule has 3 aromatic rings. The van der Waals surface area contributed by atoms with Gasteiger partial charge in [-0.2, -0.15) is 0 Å². The van der Waals surface area contributed by atoms with Gasteiger partial charge in [-0.05, 0) is 80.5 Å². The molecular formula is C23H29N3. The molecule has 4 rings (SSSR count). The molecule has 0 aliphatic carbocycles. The van der Waals surface area contributed by atoms with E-state index in [0.29, 0.717) is 11.8 Å². The van der Waals surface area contributed by atoms with Crippen LogP contribution >= 0.6 is 0 Å². The highest BCUT2D eigenvalue weighted by Gasteiger charge is 2.20. The minimum Gasteiger partial charge on any atom is -0.354 e. The molecule has 0 bridgehead atoms. The summed E-state index contributed by atoms with van der Waals surface area (Å²) in [4.78, 5) is 8.25. The second-order valence-corrected chi connectivity index (χ2v) is 8.06. The van der Waals surface area contributed by atoms with Gasteiger partial charge in [-0.25, -0.2) is 0 Å². The molecule has 1 saturated heterocycles. The first kappa shape index (κ1) is 17.3. The summed E-state index contributed by atoms with van der Waals surface area (Å²) in [6.07, 6.45) is 2.56. The van der Waals surface area contributed by atoms with Crippen LogP contribution in [0.2, 0.25) is 0 Å². The Kier molecular flexibility index (Phi) is 4.58. The summed E-state index contributed by atoms with van der Waals surface area (Å²) in [6.45, 7) is 11.0. The summed E-state index contributed by atoms with van der Waals surface area (Å²) in [5.74, 6) is 1.10. The first-order valence-electron chi connectivity index (χ1n) is 9.85. The lowest BCUT2D eigenvalue weighted by Gasteiger charge is -2.23. The molecule has 3 nitrogen and oxygen atoms in total. The van der Waals surface area contributed by atoms with Gasteiger partial charge >= 0.3 is 0 Å². The number of rotatable bonds is 3. The first-order valence-corrected chi connectivity index (χ1v) is 9.85. The molecular weight excluding hydrogens is 318 g/mol. The van der Waals surface area contributed by atoms with Crippen molar-refractivity contribution in [2.45, 2.75) is 52.4 Å². The van der Waals surface area contributed by atoms with Crippen LogP contribution in [0.1, 0.15) is 61.0 Å². The van der Waals surface area contributed by atoms with Crippen molar-refractivity contribution in [2.24, 2.45) is 0 Å².